The quantitative estimate of drug-likeness (QED) is 0.437. The summed E-state index contributed by atoms with van der Waals surface area (Å²) >= 11 is 0. The normalized spacial score (nSPS) is 9.40. The fourth-order valence-corrected chi connectivity index (χ4v) is 0.969. The van der Waals surface area contributed by atoms with Crippen molar-refractivity contribution in [3.05, 3.63) is 28.1 Å². The number of hydrogen-bond acceptors (Lipinski definition) is 5. The predicted octanol–water partition coefficient (Wildman–Crippen LogP) is 0.946. The van der Waals surface area contributed by atoms with Gasteiger partial charge in [0, 0.05) is 19.2 Å². The van der Waals surface area contributed by atoms with Crippen LogP contribution in [0.15, 0.2) is 12.3 Å². The molecule has 0 aromatic carbocycles. The number of nitrogens with zero attached hydrogens (tertiary/aromatic N) is 2. The Morgan fingerprint density at radius 1 is 1.73 bits per heavy atom. The van der Waals surface area contributed by atoms with Crippen molar-refractivity contribution in [2.24, 2.45) is 0 Å². The van der Waals surface area contributed by atoms with Gasteiger partial charge >= 0.3 is 0 Å². The molecular weight excluding hydrogens is 200 g/mol. The molecule has 0 bridgehead atoms. The van der Waals surface area contributed by atoms with Crippen LogP contribution in [0.5, 0.6) is 0 Å². The van der Waals surface area contributed by atoms with E-state index in [9.17, 15) is 14.9 Å². The highest BCUT2D eigenvalue weighted by molar-refractivity contribution is 5.94. The average Bonchev–Trinajstić information content (AvgIpc) is 2.16. The summed E-state index contributed by atoms with van der Waals surface area (Å²) in [5.74, 6) is -0.375. The summed E-state index contributed by atoms with van der Waals surface area (Å²) < 4.78 is 0. The summed E-state index contributed by atoms with van der Waals surface area (Å²) in [6, 6.07) is 1.16. The molecule has 0 radical (unpaired) electrons. The van der Waals surface area contributed by atoms with Crippen molar-refractivity contribution >= 4 is 23.5 Å². The van der Waals surface area contributed by atoms with Gasteiger partial charge < -0.3 is 10.7 Å². The Balaban J connectivity index is 3.18. The molecule has 1 heterocycles. The number of aromatic nitrogens is 1. The molecule has 7 nitrogen and oxygen atoms in total. The summed E-state index contributed by atoms with van der Waals surface area (Å²) in [4.78, 5) is 24.3. The molecule has 0 aliphatic carbocycles. The number of carbonyl (C=O) groups excluding carboxylic acids is 1. The first-order valence-corrected chi connectivity index (χ1v) is 3.97. The smallest absolute Gasteiger partial charge is 0.289 e. The van der Waals surface area contributed by atoms with E-state index in [0.717, 1.165) is 18.5 Å². The van der Waals surface area contributed by atoms with E-state index < -0.39 is 4.92 Å². The Morgan fingerprint density at radius 2 is 2.40 bits per heavy atom. The van der Waals surface area contributed by atoms with Crippen molar-refractivity contribution in [3.63, 3.8) is 0 Å². The number of amides is 1. The third kappa shape index (κ3) is 2.56. The first kappa shape index (κ1) is 10.8. The van der Waals surface area contributed by atoms with Crippen molar-refractivity contribution in [2.45, 2.75) is 6.92 Å². The number of nitro groups is 1. The van der Waals surface area contributed by atoms with Crippen LogP contribution in [-0.2, 0) is 4.79 Å². The van der Waals surface area contributed by atoms with E-state index in [1.807, 2.05) is 0 Å². The lowest BCUT2D eigenvalue weighted by molar-refractivity contribution is -0.385. The monoisotopic (exact) mass is 208 g/mol. The van der Waals surface area contributed by atoms with Crippen LogP contribution in [0, 0.1) is 15.5 Å². The Bertz CT molecular complexity index is 430. The molecular formula is C8H8N4O3. The van der Waals surface area contributed by atoms with E-state index in [2.05, 4.69) is 10.3 Å². The molecule has 0 aliphatic rings. The Hall–Kier alpha value is -2.31. The molecule has 0 fully saturated rings. The molecule has 0 unspecified atom stereocenters. The van der Waals surface area contributed by atoms with Crippen molar-refractivity contribution in [3.8, 4) is 0 Å². The molecule has 0 atom stereocenters. The third-order valence-electron chi connectivity index (χ3n) is 1.56. The van der Waals surface area contributed by atoms with Gasteiger partial charge in [-0.3, -0.25) is 14.9 Å². The maximum atomic E-state index is 10.8. The fraction of sp³-hybridized carbons (Fsp3) is 0.125. The van der Waals surface area contributed by atoms with Gasteiger partial charge in [0.25, 0.3) is 5.69 Å². The molecule has 0 aliphatic heterocycles. The zero-order valence-corrected chi connectivity index (χ0v) is 7.85. The SMILES string of the molecule is CC(=O)Nc1cc([N+](=O)[O-])cnc1C=N. The van der Waals surface area contributed by atoms with Crippen LogP contribution >= 0.6 is 0 Å². The summed E-state index contributed by atoms with van der Waals surface area (Å²) in [6.45, 7) is 1.27. The molecule has 78 valence electrons. The lowest BCUT2D eigenvalue weighted by Gasteiger charge is -2.04. The molecule has 1 aromatic heterocycles. The van der Waals surface area contributed by atoms with Gasteiger partial charge in [-0.1, -0.05) is 0 Å². The largest absolute Gasteiger partial charge is 0.324 e. The van der Waals surface area contributed by atoms with Crippen LogP contribution in [0.3, 0.4) is 0 Å². The molecule has 0 spiro atoms. The summed E-state index contributed by atoms with van der Waals surface area (Å²) in [7, 11) is 0. The van der Waals surface area contributed by atoms with Crippen LogP contribution < -0.4 is 5.32 Å². The minimum Gasteiger partial charge on any atom is -0.324 e. The second-order valence-corrected chi connectivity index (χ2v) is 2.71. The van der Waals surface area contributed by atoms with E-state index in [1.54, 1.807) is 0 Å². The number of hydrogen-bond donors (Lipinski definition) is 2. The lowest BCUT2D eigenvalue weighted by atomic mass is 10.3. The molecule has 15 heavy (non-hydrogen) atoms. The zero-order valence-electron chi connectivity index (χ0n) is 7.85. The molecule has 0 saturated carbocycles. The number of anilines is 1. The Morgan fingerprint density at radius 3 is 2.87 bits per heavy atom. The van der Waals surface area contributed by atoms with Gasteiger partial charge in [-0.15, -0.1) is 0 Å². The maximum Gasteiger partial charge on any atom is 0.289 e. The van der Waals surface area contributed by atoms with Crippen LogP contribution in [0.1, 0.15) is 12.6 Å². The number of nitrogens with one attached hydrogen (secondary N) is 2. The molecule has 0 saturated heterocycles. The van der Waals surface area contributed by atoms with E-state index in [4.69, 9.17) is 5.41 Å². The van der Waals surface area contributed by atoms with E-state index in [1.165, 1.54) is 6.92 Å². The van der Waals surface area contributed by atoms with E-state index >= 15 is 0 Å². The van der Waals surface area contributed by atoms with E-state index in [-0.39, 0.29) is 23.0 Å². The predicted molar refractivity (Wildman–Crippen MR) is 53.1 cm³/mol. The van der Waals surface area contributed by atoms with Crippen molar-refractivity contribution in [1.82, 2.24) is 4.98 Å². The fourth-order valence-electron chi connectivity index (χ4n) is 0.969. The second kappa shape index (κ2) is 4.27. The molecule has 7 heteroatoms. The zero-order chi connectivity index (χ0) is 11.4. The van der Waals surface area contributed by atoms with Crippen LogP contribution in [-0.4, -0.2) is 22.0 Å². The highest BCUT2D eigenvalue weighted by Gasteiger charge is 2.11. The first-order valence-electron chi connectivity index (χ1n) is 3.97. The van der Waals surface area contributed by atoms with Gasteiger partial charge in [-0.05, 0) is 0 Å². The average molecular weight is 208 g/mol. The van der Waals surface area contributed by atoms with Gasteiger partial charge in [-0.25, -0.2) is 4.98 Å². The van der Waals surface area contributed by atoms with Gasteiger partial charge in [0.2, 0.25) is 5.91 Å². The van der Waals surface area contributed by atoms with E-state index in [0.29, 0.717) is 0 Å². The standard InChI is InChI=1S/C8H8N4O3/c1-5(13)11-7-2-6(12(14)15)4-10-8(7)3-9/h2-4,9H,1H3,(H,11,13). The Labute approximate surface area is 84.8 Å². The topological polar surface area (TPSA) is 109 Å². The maximum absolute atomic E-state index is 10.8. The highest BCUT2D eigenvalue weighted by atomic mass is 16.6. The van der Waals surface area contributed by atoms with Crippen LogP contribution in [0.4, 0.5) is 11.4 Å². The first-order chi connectivity index (χ1) is 7.04. The molecule has 1 rings (SSSR count). The summed E-state index contributed by atoms with van der Waals surface area (Å²) in [5.41, 5.74) is 0.104. The summed E-state index contributed by atoms with van der Waals surface area (Å²) in [5, 5.41) is 19.8. The number of rotatable bonds is 3. The molecule has 1 aromatic rings. The van der Waals surface area contributed by atoms with Crippen LogP contribution in [0.2, 0.25) is 0 Å². The van der Waals surface area contributed by atoms with Crippen LogP contribution in [0.25, 0.3) is 0 Å². The minimum absolute atomic E-state index is 0.159. The highest BCUT2D eigenvalue weighted by Crippen LogP contribution is 2.18. The molecule has 2 N–H and O–H groups in total. The van der Waals surface area contributed by atoms with Gasteiger partial charge in [-0.2, -0.15) is 0 Å². The second-order valence-electron chi connectivity index (χ2n) is 2.71. The third-order valence-corrected chi connectivity index (χ3v) is 1.56. The van der Waals surface area contributed by atoms with Gasteiger partial charge in [0.1, 0.15) is 11.9 Å². The number of pyridine rings is 1. The van der Waals surface area contributed by atoms with Crippen molar-refractivity contribution in [1.29, 1.82) is 5.41 Å². The van der Waals surface area contributed by atoms with Crippen molar-refractivity contribution in [2.75, 3.05) is 5.32 Å². The lowest BCUT2D eigenvalue weighted by Crippen LogP contribution is -2.09. The minimum atomic E-state index is -0.619. The Kier molecular flexibility index (Phi) is 3.06. The van der Waals surface area contributed by atoms with Gasteiger partial charge in [0.05, 0.1) is 10.6 Å². The van der Waals surface area contributed by atoms with Crippen molar-refractivity contribution < 1.29 is 9.72 Å². The number of carbonyl (C=O) groups is 1. The summed E-state index contributed by atoms with van der Waals surface area (Å²) in [6.07, 6.45) is 1.95. The molecule has 1 amide bonds. The van der Waals surface area contributed by atoms with Gasteiger partial charge in [0.15, 0.2) is 0 Å².